The number of hydrogen-bond acceptors (Lipinski definition) is 5. The molecular formula is C15H26N6OS. The van der Waals surface area contributed by atoms with E-state index in [0.29, 0.717) is 13.0 Å². The van der Waals surface area contributed by atoms with E-state index >= 15 is 0 Å². The largest absolute Gasteiger partial charge is 0.350 e. The zero-order valence-corrected chi connectivity index (χ0v) is 15.0. The van der Waals surface area contributed by atoms with Gasteiger partial charge in [0.1, 0.15) is 5.01 Å². The number of piperazine rings is 1. The van der Waals surface area contributed by atoms with Gasteiger partial charge in [-0.3, -0.25) is 14.7 Å². The van der Waals surface area contributed by atoms with Crippen molar-refractivity contribution in [1.82, 2.24) is 25.0 Å². The van der Waals surface area contributed by atoms with Crippen molar-refractivity contribution >= 4 is 23.2 Å². The van der Waals surface area contributed by atoms with Gasteiger partial charge in [-0.05, 0) is 0 Å². The van der Waals surface area contributed by atoms with Gasteiger partial charge in [-0.25, -0.2) is 4.98 Å². The van der Waals surface area contributed by atoms with Gasteiger partial charge in [-0.1, -0.05) is 0 Å². The van der Waals surface area contributed by atoms with Crippen LogP contribution in [0.4, 0.5) is 0 Å². The third-order valence-electron chi connectivity index (χ3n) is 3.91. The number of thiazole rings is 1. The Hall–Kier alpha value is -1.67. The Morgan fingerprint density at radius 2 is 2.13 bits per heavy atom. The van der Waals surface area contributed by atoms with Gasteiger partial charge in [0.2, 0.25) is 5.91 Å². The van der Waals surface area contributed by atoms with E-state index in [9.17, 15) is 4.79 Å². The van der Waals surface area contributed by atoms with Crippen LogP contribution in [-0.4, -0.2) is 85.4 Å². The standard InChI is InChI=1S/C15H26N6OS/c1-16-15(18-12-13-17-5-11-23-13)21-9-7-20(8-10-21)6-4-14(22)19(2)3/h5,11H,4,6-10,12H2,1-3H3,(H,16,18). The van der Waals surface area contributed by atoms with Crippen molar-refractivity contribution in [2.45, 2.75) is 13.0 Å². The summed E-state index contributed by atoms with van der Waals surface area (Å²) >= 11 is 1.64. The normalized spacial score (nSPS) is 16.5. The molecule has 0 bridgehead atoms. The van der Waals surface area contributed by atoms with E-state index in [-0.39, 0.29) is 5.91 Å². The van der Waals surface area contributed by atoms with E-state index in [0.717, 1.165) is 43.7 Å². The van der Waals surface area contributed by atoms with E-state index in [1.54, 1.807) is 30.3 Å². The predicted molar refractivity (Wildman–Crippen MR) is 93.6 cm³/mol. The third kappa shape index (κ3) is 5.47. The Morgan fingerprint density at radius 3 is 2.70 bits per heavy atom. The zero-order valence-electron chi connectivity index (χ0n) is 14.2. The highest BCUT2D eigenvalue weighted by molar-refractivity contribution is 7.09. The monoisotopic (exact) mass is 338 g/mol. The molecule has 1 saturated heterocycles. The van der Waals surface area contributed by atoms with Crippen molar-refractivity contribution < 1.29 is 4.79 Å². The fourth-order valence-corrected chi connectivity index (χ4v) is 3.04. The van der Waals surface area contributed by atoms with Crippen LogP contribution in [0.3, 0.4) is 0 Å². The van der Waals surface area contributed by atoms with Crippen LogP contribution < -0.4 is 5.32 Å². The minimum absolute atomic E-state index is 0.188. The lowest BCUT2D eigenvalue weighted by atomic mass is 10.3. The van der Waals surface area contributed by atoms with Gasteiger partial charge in [0.25, 0.3) is 0 Å². The van der Waals surface area contributed by atoms with Crippen molar-refractivity contribution in [3.8, 4) is 0 Å². The summed E-state index contributed by atoms with van der Waals surface area (Å²) < 4.78 is 0. The molecule has 1 N–H and O–H groups in total. The summed E-state index contributed by atoms with van der Waals surface area (Å²) in [7, 11) is 5.42. The molecule has 0 spiro atoms. The lowest BCUT2D eigenvalue weighted by Crippen LogP contribution is -2.52. The van der Waals surface area contributed by atoms with Crippen LogP contribution in [0.25, 0.3) is 0 Å². The number of rotatable bonds is 5. The van der Waals surface area contributed by atoms with E-state index in [1.807, 2.05) is 18.6 Å². The maximum absolute atomic E-state index is 11.7. The van der Waals surface area contributed by atoms with Crippen LogP contribution in [-0.2, 0) is 11.3 Å². The van der Waals surface area contributed by atoms with E-state index in [2.05, 4.69) is 25.1 Å². The molecule has 1 aromatic rings. The molecule has 8 heteroatoms. The highest BCUT2D eigenvalue weighted by atomic mass is 32.1. The minimum Gasteiger partial charge on any atom is -0.350 e. The quantitative estimate of drug-likeness (QED) is 0.619. The van der Waals surface area contributed by atoms with Crippen molar-refractivity contribution in [2.75, 3.05) is 53.9 Å². The van der Waals surface area contributed by atoms with Crippen LogP contribution in [0.1, 0.15) is 11.4 Å². The average molecular weight is 338 g/mol. The first-order valence-electron chi connectivity index (χ1n) is 7.86. The Balaban J connectivity index is 1.73. The smallest absolute Gasteiger partial charge is 0.223 e. The highest BCUT2D eigenvalue weighted by Crippen LogP contribution is 2.06. The predicted octanol–water partition coefficient (Wildman–Crippen LogP) is 0.314. The number of amides is 1. The average Bonchev–Trinajstić information content (AvgIpc) is 3.07. The molecule has 0 radical (unpaired) electrons. The number of guanidine groups is 1. The second-order valence-corrected chi connectivity index (χ2v) is 6.67. The second-order valence-electron chi connectivity index (χ2n) is 5.69. The maximum atomic E-state index is 11.7. The third-order valence-corrected chi connectivity index (χ3v) is 4.69. The number of aliphatic imine (C=N–C) groups is 1. The van der Waals surface area contributed by atoms with Gasteiger partial charge in [-0.2, -0.15) is 0 Å². The number of aromatic nitrogens is 1. The molecule has 0 aromatic carbocycles. The number of carbonyl (C=O) groups excluding carboxylic acids is 1. The van der Waals surface area contributed by atoms with Gasteiger partial charge < -0.3 is 15.1 Å². The maximum Gasteiger partial charge on any atom is 0.223 e. The fraction of sp³-hybridized carbons (Fsp3) is 0.667. The topological polar surface area (TPSA) is 64.1 Å². The molecule has 1 amide bonds. The number of nitrogens with one attached hydrogen (secondary N) is 1. The molecule has 0 aliphatic carbocycles. The molecular weight excluding hydrogens is 312 g/mol. The zero-order chi connectivity index (χ0) is 16.7. The van der Waals surface area contributed by atoms with Crippen LogP contribution in [0.5, 0.6) is 0 Å². The second kappa shape index (κ2) is 8.83. The molecule has 1 aliphatic heterocycles. The summed E-state index contributed by atoms with van der Waals surface area (Å²) in [4.78, 5) is 26.5. The summed E-state index contributed by atoms with van der Waals surface area (Å²) in [5, 5.41) is 6.41. The van der Waals surface area contributed by atoms with Crippen LogP contribution in [0.2, 0.25) is 0 Å². The van der Waals surface area contributed by atoms with Crippen molar-refractivity contribution in [3.63, 3.8) is 0 Å². The lowest BCUT2D eigenvalue weighted by Gasteiger charge is -2.36. The van der Waals surface area contributed by atoms with Crippen LogP contribution in [0, 0.1) is 0 Å². The molecule has 23 heavy (non-hydrogen) atoms. The molecule has 2 rings (SSSR count). The van der Waals surface area contributed by atoms with Gasteiger partial charge in [0.15, 0.2) is 5.96 Å². The molecule has 2 heterocycles. The fourth-order valence-electron chi connectivity index (χ4n) is 2.49. The van der Waals surface area contributed by atoms with Crippen LogP contribution in [0.15, 0.2) is 16.6 Å². The van der Waals surface area contributed by atoms with Crippen LogP contribution >= 0.6 is 11.3 Å². The highest BCUT2D eigenvalue weighted by Gasteiger charge is 2.20. The number of hydrogen-bond donors (Lipinski definition) is 1. The summed E-state index contributed by atoms with van der Waals surface area (Å²) in [6, 6.07) is 0. The Bertz CT molecular complexity index is 508. The van der Waals surface area contributed by atoms with Gasteiger partial charge >= 0.3 is 0 Å². The first-order valence-corrected chi connectivity index (χ1v) is 8.74. The van der Waals surface area contributed by atoms with Gasteiger partial charge in [0.05, 0.1) is 6.54 Å². The summed E-state index contributed by atoms with van der Waals surface area (Å²) in [6.45, 7) is 5.30. The molecule has 1 aliphatic rings. The van der Waals surface area contributed by atoms with E-state index in [1.165, 1.54) is 0 Å². The van der Waals surface area contributed by atoms with Gasteiger partial charge in [0, 0.05) is 71.9 Å². The molecule has 0 unspecified atom stereocenters. The first-order chi connectivity index (χ1) is 11.1. The summed E-state index contributed by atoms with van der Waals surface area (Å²) in [5.41, 5.74) is 0. The van der Waals surface area contributed by atoms with Crippen molar-refractivity contribution in [2.24, 2.45) is 4.99 Å². The molecule has 0 saturated carbocycles. The summed E-state index contributed by atoms with van der Waals surface area (Å²) in [6.07, 6.45) is 2.41. The molecule has 1 aromatic heterocycles. The SMILES string of the molecule is CN=C(NCc1nccs1)N1CCN(CCC(=O)N(C)C)CC1. The summed E-state index contributed by atoms with van der Waals surface area (Å²) in [5.74, 6) is 1.11. The Kier molecular flexibility index (Phi) is 6.79. The molecule has 7 nitrogen and oxygen atoms in total. The van der Waals surface area contributed by atoms with Crippen molar-refractivity contribution in [1.29, 1.82) is 0 Å². The molecule has 0 atom stereocenters. The van der Waals surface area contributed by atoms with Gasteiger partial charge in [-0.15, -0.1) is 11.3 Å². The number of carbonyl (C=O) groups is 1. The molecule has 1 fully saturated rings. The van der Waals surface area contributed by atoms with E-state index < -0.39 is 0 Å². The first kappa shape index (κ1) is 17.7. The van der Waals surface area contributed by atoms with E-state index in [4.69, 9.17) is 0 Å². The Morgan fingerprint density at radius 1 is 1.39 bits per heavy atom. The minimum atomic E-state index is 0.188. The van der Waals surface area contributed by atoms with Crippen molar-refractivity contribution in [3.05, 3.63) is 16.6 Å². The Labute approximate surface area is 142 Å². The lowest BCUT2D eigenvalue weighted by molar-refractivity contribution is -0.129. The molecule has 128 valence electrons. The number of nitrogens with zero attached hydrogens (tertiary/aromatic N) is 5.